The Bertz CT molecular complexity index is 359. The van der Waals surface area contributed by atoms with E-state index >= 15 is 0 Å². The van der Waals surface area contributed by atoms with Gasteiger partial charge in [0, 0.05) is 12.6 Å². The van der Waals surface area contributed by atoms with E-state index in [1.807, 2.05) is 0 Å². The minimum Gasteiger partial charge on any atom is -0.351 e. The van der Waals surface area contributed by atoms with Crippen molar-refractivity contribution in [3.05, 3.63) is 35.4 Å². The molecule has 1 saturated heterocycles. The maximum atomic E-state index is 11.2. The first-order valence-electron chi connectivity index (χ1n) is 5.79. The minimum absolute atomic E-state index is 0.111. The lowest BCUT2D eigenvalue weighted by Gasteiger charge is -2.24. The van der Waals surface area contributed by atoms with Crippen LogP contribution >= 0.6 is 0 Å². The maximum absolute atomic E-state index is 11.2. The Morgan fingerprint density at radius 2 is 2.06 bits per heavy atom. The van der Waals surface area contributed by atoms with Crippen LogP contribution in [0.1, 0.15) is 17.5 Å². The van der Waals surface area contributed by atoms with Crippen LogP contribution in [-0.4, -0.2) is 25.0 Å². The number of hydrogen-bond donors (Lipinski definition) is 2. The van der Waals surface area contributed by atoms with E-state index in [1.165, 1.54) is 11.1 Å². The van der Waals surface area contributed by atoms with Gasteiger partial charge in [-0.25, -0.2) is 0 Å². The van der Waals surface area contributed by atoms with Crippen molar-refractivity contribution in [2.24, 2.45) is 0 Å². The minimum atomic E-state index is 0.111. The normalized spacial score (nSPS) is 20.6. The Morgan fingerprint density at radius 3 is 2.75 bits per heavy atom. The van der Waals surface area contributed by atoms with Crippen molar-refractivity contribution in [1.82, 2.24) is 10.6 Å². The molecule has 1 fully saturated rings. The number of amides is 1. The van der Waals surface area contributed by atoms with Crippen molar-refractivity contribution >= 4 is 5.91 Å². The van der Waals surface area contributed by atoms with Crippen LogP contribution in [0.3, 0.4) is 0 Å². The molecule has 0 bridgehead atoms. The molecule has 1 atom stereocenters. The maximum Gasteiger partial charge on any atom is 0.234 e. The lowest BCUT2D eigenvalue weighted by Crippen LogP contribution is -2.52. The summed E-state index contributed by atoms with van der Waals surface area (Å²) in [5.74, 6) is 0.111. The zero-order valence-electron chi connectivity index (χ0n) is 9.62. The predicted octanol–water partition coefficient (Wildman–Crippen LogP) is 1.02. The fraction of sp³-hybridized carbons (Fsp3) is 0.462. The molecule has 1 heterocycles. The highest BCUT2D eigenvalue weighted by Crippen LogP contribution is 2.08. The number of benzene rings is 1. The third-order valence-corrected chi connectivity index (χ3v) is 2.94. The third-order valence-electron chi connectivity index (χ3n) is 2.94. The summed E-state index contributed by atoms with van der Waals surface area (Å²) in [5, 5.41) is 6.11. The second-order valence-corrected chi connectivity index (χ2v) is 4.42. The number of nitrogens with one attached hydrogen (secondary N) is 2. The summed E-state index contributed by atoms with van der Waals surface area (Å²) in [7, 11) is 0. The lowest BCUT2D eigenvalue weighted by atomic mass is 10.0. The molecule has 1 aliphatic rings. The Labute approximate surface area is 96.2 Å². The fourth-order valence-electron chi connectivity index (χ4n) is 1.96. The SMILES string of the molecule is Cc1ccc(CCC2CNCC(=O)N2)cc1. The van der Waals surface area contributed by atoms with Gasteiger partial charge < -0.3 is 10.6 Å². The number of carbonyl (C=O) groups excluding carboxylic acids is 1. The molecule has 1 amide bonds. The van der Waals surface area contributed by atoms with Gasteiger partial charge in [-0.2, -0.15) is 0 Å². The van der Waals surface area contributed by atoms with Gasteiger partial charge in [0.25, 0.3) is 0 Å². The van der Waals surface area contributed by atoms with E-state index in [-0.39, 0.29) is 11.9 Å². The molecule has 0 spiro atoms. The average Bonchev–Trinajstić information content (AvgIpc) is 2.28. The van der Waals surface area contributed by atoms with E-state index in [4.69, 9.17) is 0 Å². The van der Waals surface area contributed by atoms with Gasteiger partial charge in [0.15, 0.2) is 0 Å². The van der Waals surface area contributed by atoms with Crippen molar-refractivity contribution in [2.75, 3.05) is 13.1 Å². The van der Waals surface area contributed by atoms with Gasteiger partial charge in [0.1, 0.15) is 0 Å². The first-order valence-corrected chi connectivity index (χ1v) is 5.79. The molecule has 3 heteroatoms. The third kappa shape index (κ3) is 3.07. The van der Waals surface area contributed by atoms with Crippen LogP contribution in [0, 0.1) is 6.92 Å². The molecule has 86 valence electrons. The van der Waals surface area contributed by atoms with Crippen LogP contribution in [0.2, 0.25) is 0 Å². The van der Waals surface area contributed by atoms with Gasteiger partial charge in [-0.05, 0) is 25.3 Å². The smallest absolute Gasteiger partial charge is 0.234 e. The molecule has 2 N–H and O–H groups in total. The largest absolute Gasteiger partial charge is 0.351 e. The van der Waals surface area contributed by atoms with Crippen molar-refractivity contribution in [3.63, 3.8) is 0 Å². The van der Waals surface area contributed by atoms with Crippen LogP contribution < -0.4 is 10.6 Å². The molecule has 1 unspecified atom stereocenters. The molecular formula is C13H18N2O. The number of hydrogen-bond acceptors (Lipinski definition) is 2. The first kappa shape index (κ1) is 11.1. The molecule has 0 aromatic heterocycles. The van der Waals surface area contributed by atoms with Gasteiger partial charge in [-0.15, -0.1) is 0 Å². The van der Waals surface area contributed by atoms with Crippen molar-refractivity contribution in [1.29, 1.82) is 0 Å². The molecule has 0 radical (unpaired) electrons. The first-order chi connectivity index (χ1) is 7.74. The summed E-state index contributed by atoms with van der Waals surface area (Å²) in [4.78, 5) is 11.2. The summed E-state index contributed by atoms with van der Waals surface area (Å²) < 4.78 is 0. The van der Waals surface area contributed by atoms with E-state index in [1.54, 1.807) is 0 Å². The zero-order chi connectivity index (χ0) is 11.4. The van der Waals surface area contributed by atoms with E-state index in [9.17, 15) is 4.79 Å². The van der Waals surface area contributed by atoms with Gasteiger partial charge in [0.05, 0.1) is 6.54 Å². The number of piperazine rings is 1. The van der Waals surface area contributed by atoms with Crippen LogP contribution in [0.5, 0.6) is 0 Å². The molecule has 1 aliphatic heterocycles. The highest BCUT2D eigenvalue weighted by atomic mass is 16.2. The Morgan fingerprint density at radius 1 is 1.31 bits per heavy atom. The lowest BCUT2D eigenvalue weighted by molar-refractivity contribution is -0.122. The van der Waals surface area contributed by atoms with Crippen LogP contribution in [0.4, 0.5) is 0 Å². The second kappa shape index (κ2) is 5.12. The van der Waals surface area contributed by atoms with Gasteiger partial charge >= 0.3 is 0 Å². The predicted molar refractivity (Wildman–Crippen MR) is 64.3 cm³/mol. The average molecular weight is 218 g/mol. The summed E-state index contributed by atoms with van der Waals surface area (Å²) in [6.07, 6.45) is 2.02. The van der Waals surface area contributed by atoms with E-state index in [0.717, 1.165) is 19.4 Å². The monoisotopic (exact) mass is 218 g/mol. The van der Waals surface area contributed by atoms with Crippen LogP contribution in [0.15, 0.2) is 24.3 Å². The highest BCUT2D eigenvalue weighted by molar-refractivity contribution is 5.79. The van der Waals surface area contributed by atoms with Crippen LogP contribution in [-0.2, 0) is 11.2 Å². The van der Waals surface area contributed by atoms with E-state index in [0.29, 0.717) is 6.54 Å². The molecule has 1 aromatic carbocycles. The van der Waals surface area contributed by atoms with Crippen LogP contribution in [0.25, 0.3) is 0 Å². The molecule has 3 nitrogen and oxygen atoms in total. The Kier molecular flexibility index (Phi) is 3.57. The molecule has 16 heavy (non-hydrogen) atoms. The molecular weight excluding hydrogens is 200 g/mol. The van der Waals surface area contributed by atoms with Crippen molar-refractivity contribution in [2.45, 2.75) is 25.8 Å². The van der Waals surface area contributed by atoms with Crippen molar-refractivity contribution in [3.8, 4) is 0 Å². The van der Waals surface area contributed by atoms with Gasteiger partial charge in [0.2, 0.25) is 5.91 Å². The van der Waals surface area contributed by atoms with Gasteiger partial charge in [-0.3, -0.25) is 4.79 Å². The topological polar surface area (TPSA) is 41.1 Å². The summed E-state index contributed by atoms with van der Waals surface area (Å²) >= 11 is 0. The number of carbonyl (C=O) groups is 1. The van der Waals surface area contributed by atoms with E-state index in [2.05, 4.69) is 41.8 Å². The highest BCUT2D eigenvalue weighted by Gasteiger charge is 2.16. The van der Waals surface area contributed by atoms with E-state index < -0.39 is 0 Å². The van der Waals surface area contributed by atoms with Crippen molar-refractivity contribution < 1.29 is 4.79 Å². The molecule has 1 aromatic rings. The number of aryl methyl sites for hydroxylation is 2. The standard InChI is InChI=1S/C13H18N2O/c1-10-2-4-11(5-3-10)6-7-12-8-14-9-13(16)15-12/h2-5,12,14H,6-9H2,1H3,(H,15,16). The molecule has 0 aliphatic carbocycles. The zero-order valence-corrected chi connectivity index (χ0v) is 9.62. The summed E-state index contributed by atoms with van der Waals surface area (Å²) in [6.45, 7) is 3.44. The molecule has 0 saturated carbocycles. The molecule has 2 rings (SSSR count). The Balaban J connectivity index is 1.82. The summed E-state index contributed by atoms with van der Waals surface area (Å²) in [5.41, 5.74) is 2.63. The Hall–Kier alpha value is -1.35. The number of rotatable bonds is 3. The summed E-state index contributed by atoms with van der Waals surface area (Å²) in [6, 6.07) is 8.86. The van der Waals surface area contributed by atoms with Gasteiger partial charge in [-0.1, -0.05) is 29.8 Å². The fourth-order valence-corrected chi connectivity index (χ4v) is 1.96. The quantitative estimate of drug-likeness (QED) is 0.795. The second-order valence-electron chi connectivity index (χ2n) is 4.42.